The Morgan fingerprint density at radius 3 is 2.88 bits per heavy atom. The summed E-state index contributed by atoms with van der Waals surface area (Å²) in [5, 5.41) is 2.90. The maximum Gasteiger partial charge on any atom is 0.247 e. The van der Waals surface area contributed by atoms with E-state index in [0.717, 1.165) is 6.42 Å². The van der Waals surface area contributed by atoms with E-state index in [1.807, 2.05) is 19.1 Å². The van der Waals surface area contributed by atoms with Crippen LogP contribution >= 0.6 is 0 Å². The van der Waals surface area contributed by atoms with Crippen molar-refractivity contribution in [1.82, 2.24) is 9.88 Å². The van der Waals surface area contributed by atoms with E-state index in [1.54, 1.807) is 41.6 Å². The molecule has 6 nitrogen and oxygen atoms in total. The molecule has 0 unspecified atom stereocenters. The van der Waals surface area contributed by atoms with Crippen LogP contribution in [0.25, 0.3) is 0 Å². The van der Waals surface area contributed by atoms with Crippen molar-refractivity contribution < 1.29 is 14.3 Å². The highest BCUT2D eigenvalue weighted by molar-refractivity contribution is 5.98. The molecule has 2 heterocycles. The van der Waals surface area contributed by atoms with Gasteiger partial charge in [0.2, 0.25) is 11.8 Å². The predicted molar refractivity (Wildman–Crippen MR) is 94.4 cm³/mol. The van der Waals surface area contributed by atoms with Gasteiger partial charge in [0.1, 0.15) is 11.8 Å². The first-order chi connectivity index (χ1) is 12.2. The van der Waals surface area contributed by atoms with E-state index in [4.69, 9.17) is 4.74 Å². The fourth-order valence-electron chi connectivity index (χ4n) is 2.95. The number of anilines is 1. The summed E-state index contributed by atoms with van der Waals surface area (Å²) in [6, 6.07) is 10.4. The van der Waals surface area contributed by atoms with Crippen LogP contribution in [0.2, 0.25) is 0 Å². The summed E-state index contributed by atoms with van der Waals surface area (Å²) >= 11 is 0. The Bertz CT molecular complexity index is 749. The van der Waals surface area contributed by atoms with Gasteiger partial charge in [-0.25, -0.2) is 0 Å². The van der Waals surface area contributed by atoms with Crippen LogP contribution in [0, 0.1) is 0 Å². The van der Waals surface area contributed by atoms with Crippen molar-refractivity contribution in [2.45, 2.75) is 32.2 Å². The first-order valence-electron chi connectivity index (χ1n) is 8.46. The van der Waals surface area contributed by atoms with Crippen LogP contribution < -0.4 is 10.1 Å². The normalized spacial score (nSPS) is 16.5. The Balaban J connectivity index is 1.74. The largest absolute Gasteiger partial charge is 0.454 e. The van der Waals surface area contributed by atoms with Crippen molar-refractivity contribution in [2.24, 2.45) is 0 Å². The number of para-hydroxylation sites is 2. The minimum absolute atomic E-state index is 0.0116. The summed E-state index contributed by atoms with van der Waals surface area (Å²) in [4.78, 5) is 30.4. The fourth-order valence-corrected chi connectivity index (χ4v) is 2.95. The lowest BCUT2D eigenvalue weighted by Gasteiger charge is -2.24. The molecule has 0 spiro atoms. The number of aromatic nitrogens is 1. The maximum absolute atomic E-state index is 12.7. The van der Waals surface area contributed by atoms with Gasteiger partial charge in [0.15, 0.2) is 5.75 Å². The van der Waals surface area contributed by atoms with Gasteiger partial charge in [0.05, 0.1) is 11.9 Å². The predicted octanol–water partition coefficient (Wildman–Crippen LogP) is 3.21. The zero-order valence-corrected chi connectivity index (χ0v) is 14.1. The lowest BCUT2D eigenvalue weighted by molar-refractivity contribution is -0.136. The molecule has 25 heavy (non-hydrogen) atoms. The van der Waals surface area contributed by atoms with Gasteiger partial charge in [-0.1, -0.05) is 19.1 Å². The summed E-state index contributed by atoms with van der Waals surface area (Å²) in [6.07, 6.45) is 5.21. The standard InChI is InChI=1S/C19H21N3O3/c1-2-18(23)22-12-6-9-16(22)19(24)21-15-8-3-4-10-17(15)25-14-7-5-11-20-13-14/h3-5,7-8,10-11,13,16H,2,6,9,12H2,1H3,(H,21,24)/t16-/m1/s1. The smallest absolute Gasteiger partial charge is 0.247 e. The highest BCUT2D eigenvalue weighted by Crippen LogP contribution is 2.30. The summed E-state index contributed by atoms with van der Waals surface area (Å²) in [6.45, 7) is 2.45. The molecule has 130 valence electrons. The molecule has 1 saturated heterocycles. The van der Waals surface area contributed by atoms with Crippen LogP contribution in [0.15, 0.2) is 48.8 Å². The summed E-state index contributed by atoms with van der Waals surface area (Å²) < 4.78 is 5.81. The molecule has 1 aliphatic rings. The summed E-state index contributed by atoms with van der Waals surface area (Å²) in [5.41, 5.74) is 0.576. The van der Waals surface area contributed by atoms with Crippen LogP contribution in [0.1, 0.15) is 26.2 Å². The fraction of sp³-hybridized carbons (Fsp3) is 0.316. The van der Waals surface area contributed by atoms with Gasteiger partial charge in [-0.15, -0.1) is 0 Å². The second-order valence-corrected chi connectivity index (χ2v) is 5.87. The van der Waals surface area contributed by atoms with Gasteiger partial charge in [0.25, 0.3) is 0 Å². The number of rotatable bonds is 5. The Morgan fingerprint density at radius 2 is 2.12 bits per heavy atom. The van der Waals surface area contributed by atoms with Crippen molar-refractivity contribution >= 4 is 17.5 Å². The molecule has 1 aromatic heterocycles. The average molecular weight is 339 g/mol. The van der Waals surface area contributed by atoms with E-state index < -0.39 is 6.04 Å². The summed E-state index contributed by atoms with van der Waals surface area (Å²) in [5.74, 6) is 0.960. The second kappa shape index (κ2) is 7.79. The number of amides is 2. The molecule has 1 atom stereocenters. The first-order valence-corrected chi connectivity index (χ1v) is 8.46. The Labute approximate surface area is 146 Å². The van der Waals surface area contributed by atoms with E-state index in [2.05, 4.69) is 10.3 Å². The number of carbonyl (C=O) groups excluding carboxylic acids is 2. The molecule has 2 aromatic rings. The minimum atomic E-state index is -0.418. The zero-order valence-electron chi connectivity index (χ0n) is 14.1. The lowest BCUT2D eigenvalue weighted by atomic mass is 10.2. The molecular weight excluding hydrogens is 318 g/mol. The molecule has 6 heteroatoms. The third-order valence-corrected chi connectivity index (χ3v) is 4.19. The van der Waals surface area contributed by atoms with Gasteiger partial charge in [0, 0.05) is 19.2 Å². The van der Waals surface area contributed by atoms with Gasteiger partial charge < -0.3 is 15.0 Å². The number of hydrogen-bond donors (Lipinski definition) is 1. The molecule has 1 aliphatic heterocycles. The monoisotopic (exact) mass is 339 g/mol. The number of benzene rings is 1. The van der Waals surface area contributed by atoms with Crippen molar-refractivity contribution in [3.63, 3.8) is 0 Å². The number of ether oxygens (including phenoxy) is 1. The quantitative estimate of drug-likeness (QED) is 0.908. The molecular formula is C19H21N3O3. The highest BCUT2D eigenvalue weighted by Gasteiger charge is 2.33. The van der Waals surface area contributed by atoms with Crippen molar-refractivity contribution in [1.29, 1.82) is 0 Å². The van der Waals surface area contributed by atoms with E-state index in [-0.39, 0.29) is 11.8 Å². The van der Waals surface area contributed by atoms with Crippen molar-refractivity contribution in [3.8, 4) is 11.5 Å². The third-order valence-electron chi connectivity index (χ3n) is 4.19. The highest BCUT2D eigenvalue weighted by atomic mass is 16.5. The Morgan fingerprint density at radius 1 is 1.28 bits per heavy atom. The SMILES string of the molecule is CCC(=O)N1CCC[C@@H]1C(=O)Nc1ccccc1Oc1cccnc1. The number of likely N-dealkylation sites (tertiary alicyclic amines) is 1. The molecule has 0 bridgehead atoms. The molecule has 0 aliphatic carbocycles. The van der Waals surface area contributed by atoms with E-state index in [9.17, 15) is 9.59 Å². The second-order valence-electron chi connectivity index (χ2n) is 5.87. The van der Waals surface area contributed by atoms with Crippen LogP contribution in [0.4, 0.5) is 5.69 Å². The van der Waals surface area contributed by atoms with Crippen LogP contribution in [0.5, 0.6) is 11.5 Å². The van der Waals surface area contributed by atoms with E-state index in [0.29, 0.717) is 36.6 Å². The number of pyridine rings is 1. The Kier molecular flexibility index (Phi) is 5.28. The van der Waals surface area contributed by atoms with E-state index in [1.165, 1.54) is 0 Å². The Hall–Kier alpha value is -2.89. The molecule has 0 saturated carbocycles. The number of hydrogen-bond acceptors (Lipinski definition) is 4. The topological polar surface area (TPSA) is 71.5 Å². The average Bonchev–Trinajstić information content (AvgIpc) is 3.13. The lowest BCUT2D eigenvalue weighted by Crippen LogP contribution is -2.42. The van der Waals surface area contributed by atoms with Crippen LogP contribution in [0.3, 0.4) is 0 Å². The molecule has 0 radical (unpaired) electrons. The van der Waals surface area contributed by atoms with Gasteiger partial charge in [-0.3, -0.25) is 14.6 Å². The van der Waals surface area contributed by atoms with Gasteiger partial charge in [-0.2, -0.15) is 0 Å². The van der Waals surface area contributed by atoms with E-state index >= 15 is 0 Å². The molecule has 1 aromatic carbocycles. The minimum Gasteiger partial charge on any atom is -0.454 e. The van der Waals surface area contributed by atoms with Crippen molar-refractivity contribution in [3.05, 3.63) is 48.8 Å². The number of carbonyl (C=O) groups is 2. The molecule has 1 fully saturated rings. The third kappa shape index (κ3) is 3.96. The zero-order chi connectivity index (χ0) is 17.6. The maximum atomic E-state index is 12.7. The van der Waals surface area contributed by atoms with Gasteiger partial charge in [-0.05, 0) is 37.1 Å². The number of nitrogens with zero attached hydrogens (tertiary/aromatic N) is 2. The molecule has 3 rings (SSSR count). The number of nitrogens with one attached hydrogen (secondary N) is 1. The van der Waals surface area contributed by atoms with Crippen molar-refractivity contribution in [2.75, 3.05) is 11.9 Å². The van der Waals surface area contributed by atoms with Gasteiger partial charge >= 0.3 is 0 Å². The summed E-state index contributed by atoms with van der Waals surface area (Å²) in [7, 11) is 0. The first kappa shape index (κ1) is 17.0. The van der Waals surface area contributed by atoms with Crippen LogP contribution in [-0.4, -0.2) is 34.3 Å². The molecule has 2 amide bonds. The molecule has 1 N–H and O–H groups in total. The van der Waals surface area contributed by atoms with Crippen LogP contribution in [-0.2, 0) is 9.59 Å².